The van der Waals surface area contributed by atoms with E-state index in [1.807, 2.05) is 6.92 Å². The molecular formula is C24H54N4O2. The summed E-state index contributed by atoms with van der Waals surface area (Å²) < 4.78 is 0. The van der Waals surface area contributed by atoms with Crippen molar-refractivity contribution in [2.45, 2.75) is 103 Å². The molecule has 30 heavy (non-hydrogen) atoms. The Labute approximate surface area is 187 Å². The summed E-state index contributed by atoms with van der Waals surface area (Å²) >= 11 is 0. The van der Waals surface area contributed by atoms with E-state index < -0.39 is 0 Å². The molecule has 0 aliphatic heterocycles. The Morgan fingerprint density at radius 2 is 1.20 bits per heavy atom. The standard InChI is InChI=1S/C24H54N4O2/c1-3-5-6-7-8-9-10-11-12-13-14-24(30)22-27-17-20-28(18-15-25)19-16-26-21-23(29)4-2/h23-24,26-27,29-30H,3-22,25H2,1-2H3. The van der Waals surface area contributed by atoms with Gasteiger partial charge in [0.25, 0.3) is 0 Å². The lowest BCUT2D eigenvalue weighted by Crippen LogP contribution is -2.41. The number of aliphatic hydroxyl groups excluding tert-OH is 2. The predicted molar refractivity (Wildman–Crippen MR) is 130 cm³/mol. The van der Waals surface area contributed by atoms with Gasteiger partial charge in [-0.25, -0.2) is 0 Å². The van der Waals surface area contributed by atoms with E-state index in [1.54, 1.807) is 0 Å². The summed E-state index contributed by atoms with van der Waals surface area (Å²) in [6.07, 6.45) is 14.5. The normalized spacial score (nSPS) is 13.8. The molecule has 0 bridgehead atoms. The van der Waals surface area contributed by atoms with E-state index in [4.69, 9.17) is 5.73 Å². The van der Waals surface area contributed by atoms with Crippen LogP contribution in [0.1, 0.15) is 90.9 Å². The molecule has 0 aromatic carbocycles. The fourth-order valence-corrected chi connectivity index (χ4v) is 3.64. The molecule has 0 aliphatic rings. The van der Waals surface area contributed by atoms with Gasteiger partial charge in [0.05, 0.1) is 12.2 Å². The fourth-order valence-electron chi connectivity index (χ4n) is 3.64. The van der Waals surface area contributed by atoms with Crippen molar-refractivity contribution in [1.82, 2.24) is 15.5 Å². The second kappa shape index (κ2) is 23.4. The summed E-state index contributed by atoms with van der Waals surface area (Å²) in [4.78, 5) is 2.33. The maximum absolute atomic E-state index is 10.2. The molecule has 0 fully saturated rings. The van der Waals surface area contributed by atoms with Crippen LogP contribution in [0.2, 0.25) is 0 Å². The highest BCUT2D eigenvalue weighted by Gasteiger charge is 2.07. The van der Waals surface area contributed by atoms with Crippen molar-refractivity contribution in [3.63, 3.8) is 0 Å². The highest BCUT2D eigenvalue weighted by atomic mass is 16.3. The largest absolute Gasteiger partial charge is 0.392 e. The van der Waals surface area contributed by atoms with Gasteiger partial charge in [-0.2, -0.15) is 0 Å². The van der Waals surface area contributed by atoms with Crippen LogP contribution in [-0.2, 0) is 0 Å². The molecule has 2 unspecified atom stereocenters. The minimum atomic E-state index is -0.258. The molecule has 182 valence electrons. The van der Waals surface area contributed by atoms with Crippen molar-refractivity contribution in [2.75, 3.05) is 52.4 Å². The summed E-state index contributed by atoms with van der Waals surface area (Å²) in [6.45, 7) is 10.7. The first kappa shape index (κ1) is 29.8. The van der Waals surface area contributed by atoms with Crippen molar-refractivity contribution in [1.29, 1.82) is 0 Å². The number of unbranched alkanes of at least 4 members (excludes halogenated alkanes) is 9. The van der Waals surface area contributed by atoms with Crippen LogP contribution in [0, 0.1) is 0 Å². The zero-order valence-corrected chi connectivity index (χ0v) is 20.2. The minimum Gasteiger partial charge on any atom is -0.392 e. The van der Waals surface area contributed by atoms with Crippen LogP contribution in [0.25, 0.3) is 0 Å². The second-order valence-corrected chi connectivity index (χ2v) is 8.73. The smallest absolute Gasteiger partial charge is 0.0664 e. The molecule has 0 aromatic heterocycles. The molecule has 0 saturated carbocycles. The molecule has 0 amide bonds. The van der Waals surface area contributed by atoms with Crippen LogP contribution in [0.4, 0.5) is 0 Å². The van der Waals surface area contributed by atoms with Crippen molar-refractivity contribution in [2.24, 2.45) is 5.73 Å². The number of rotatable bonds is 24. The molecule has 6 nitrogen and oxygen atoms in total. The summed E-state index contributed by atoms with van der Waals surface area (Å²) in [5.41, 5.74) is 5.72. The Balaban J connectivity index is 3.54. The van der Waals surface area contributed by atoms with Gasteiger partial charge in [-0.15, -0.1) is 0 Å². The molecule has 0 radical (unpaired) electrons. The van der Waals surface area contributed by atoms with Crippen LogP contribution in [0.15, 0.2) is 0 Å². The van der Waals surface area contributed by atoms with Gasteiger partial charge in [0.2, 0.25) is 0 Å². The van der Waals surface area contributed by atoms with E-state index in [1.165, 1.54) is 57.8 Å². The van der Waals surface area contributed by atoms with Crippen LogP contribution in [-0.4, -0.2) is 79.7 Å². The lowest BCUT2D eigenvalue weighted by Gasteiger charge is -2.22. The van der Waals surface area contributed by atoms with Crippen molar-refractivity contribution in [3.05, 3.63) is 0 Å². The zero-order valence-electron chi connectivity index (χ0n) is 20.2. The molecule has 0 aliphatic carbocycles. The van der Waals surface area contributed by atoms with E-state index in [0.29, 0.717) is 19.6 Å². The number of nitrogens with two attached hydrogens (primary N) is 1. The van der Waals surface area contributed by atoms with Gasteiger partial charge in [-0.1, -0.05) is 78.1 Å². The van der Waals surface area contributed by atoms with Crippen molar-refractivity contribution in [3.8, 4) is 0 Å². The summed E-state index contributed by atoms with van der Waals surface area (Å²) in [5, 5.41) is 26.4. The van der Waals surface area contributed by atoms with E-state index in [2.05, 4.69) is 22.5 Å². The number of aliphatic hydroxyl groups is 2. The Bertz CT molecular complexity index is 334. The Morgan fingerprint density at radius 1 is 0.700 bits per heavy atom. The second-order valence-electron chi connectivity index (χ2n) is 8.73. The summed E-state index contributed by atoms with van der Waals surface area (Å²) in [7, 11) is 0. The monoisotopic (exact) mass is 430 g/mol. The molecule has 0 aromatic rings. The molecule has 0 rings (SSSR count). The van der Waals surface area contributed by atoms with E-state index >= 15 is 0 Å². The van der Waals surface area contributed by atoms with Gasteiger partial charge in [-0.3, -0.25) is 4.90 Å². The van der Waals surface area contributed by atoms with Gasteiger partial charge in [0, 0.05) is 52.4 Å². The first-order valence-corrected chi connectivity index (χ1v) is 12.8. The lowest BCUT2D eigenvalue weighted by molar-refractivity contribution is 0.155. The lowest BCUT2D eigenvalue weighted by atomic mass is 10.0. The number of hydrogen-bond acceptors (Lipinski definition) is 6. The predicted octanol–water partition coefficient (Wildman–Crippen LogP) is 2.87. The molecule has 0 spiro atoms. The summed E-state index contributed by atoms with van der Waals surface area (Å²) in [6, 6.07) is 0. The van der Waals surface area contributed by atoms with Crippen molar-refractivity contribution >= 4 is 0 Å². The van der Waals surface area contributed by atoms with Gasteiger partial charge >= 0.3 is 0 Å². The van der Waals surface area contributed by atoms with Crippen LogP contribution >= 0.6 is 0 Å². The third-order valence-electron chi connectivity index (χ3n) is 5.78. The third-order valence-corrected chi connectivity index (χ3v) is 5.78. The van der Waals surface area contributed by atoms with Crippen LogP contribution < -0.4 is 16.4 Å². The number of nitrogens with zero attached hydrogens (tertiary/aromatic N) is 1. The van der Waals surface area contributed by atoms with E-state index in [0.717, 1.165) is 52.0 Å². The van der Waals surface area contributed by atoms with Crippen molar-refractivity contribution < 1.29 is 10.2 Å². The Hall–Kier alpha value is -0.240. The SMILES string of the molecule is CCCCCCCCCCCCC(O)CNCCN(CCN)CCNCC(O)CC. The molecule has 0 saturated heterocycles. The molecule has 6 heteroatoms. The maximum atomic E-state index is 10.2. The van der Waals surface area contributed by atoms with Gasteiger partial charge in [0.1, 0.15) is 0 Å². The van der Waals surface area contributed by atoms with Gasteiger partial charge < -0.3 is 26.6 Å². The first-order chi connectivity index (χ1) is 14.6. The minimum absolute atomic E-state index is 0.237. The average molecular weight is 431 g/mol. The van der Waals surface area contributed by atoms with Crippen LogP contribution in [0.3, 0.4) is 0 Å². The molecule has 0 heterocycles. The maximum Gasteiger partial charge on any atom is 0.0664 e. The zero-order chi connectivity index (χ0) is 22.3. The van der Waals surface area contributed by atoms with Gasteiger partial charge in [-0.05, 0) is 12.8 Å². The number of nitrogens with one attached hydrogen (secondary N) is 2. The quantitative estimate of drug-likeness (QED) is 0.151. The highest BCUT2D eigenvalue weighted by Crippen LogP contribution is 2.11. The third kappa shape index (κ3) is 21.0. The van der Waals surface area contributed by atoms with E-state index in [9.17, 15) is 10.2 Å². The fraction of sp³-hybridized carbons (Fsp3) is 1.00. The molecule has 6 N–H and O–H groups in total. The molecule has 2 atom stereocenters. The Kier molecular flexibility index (Phi) is 23.2. The van der Waals surface area contributed by atoms with E-state index in [-0.39, 0.29) is 12.2 Å². The summed E-state index contributed by atoms with van der Waals surface area (Å²) in [5.74, 6) is 0. The first-order valence-electron chi connectivity index (χ1n) is 12.8. The van der Waals surface area contributed by atoms with Crippen LogP contribution in [0.5, 0.6) is 0 Å². The topological polar surface area (TPSA) is 93.8 Å². The number of hydrogen-bond donors (Lipinski definition) is 5. The Morgan fingerprint density at radius 3 is 1.70 bits per heavy atom. The van der Waals surface area contributed by atoms with Gasteiger partial charge in [0.15, 0.2) is 0 Å². The highest BCUT2D eigenvalue weighted by molar-refractivity contribution is 4.66. The molecular weight excluding hydrogens is 376 g/mol. The average Bonchev–Trinajstić information content (AvgIpc) is 2.75.